The van der Waals surface area contributed by atoms with E-state index in [1.807, 2.05) is 23.1 Å². The molecule has 0 spiro atoms. The lowest BCUT2D eigenvalue weighted by Crippen LogP contribution is -2.43. The van der Waals surface area contributed by atoms with Crippen LogP contribution in [-0.2, 0) is 34.0 Å². The third-order valence-corrected chi connectivity index (χ3v) is 4.96. The lowest BCUT2D eigenvalue weighted by Gasteiger charge is -2.36. The second-order valence-electron chi connectivity index (χ2n) is 7.47. The summed E-state index contributed by atoms with van der Waals surface area (Å²) in [4.78, 5) is 25.2. The Morgan fingerprint density at radius 3 is 2.09 bits per heavy atom. The van der Waals surface area contributed by atoms with E-state index in [0.29, 0.717) is 6.04 Å². The molecule has 0 aliphatic carbocycles. The van der Waals surface area contributed by atoms with Gasteiger partial charge in [0.2, 0.25) is 0 Å². The second kappa shape index (κ2) is 12.0. The first kappa shape index (κ1) is 28.1. The zero-order valence-electron chi connectivity index (χ0n) is 18.2. The van der Waals surface area contributed by atoms with Gasteiger partial charge in [0.05, 0.1) is 18.8 Å². The van der Waals surface area contributed by atoms with E-state index in [4.69, 9.17) is 29.5 Å². The largest absolute Gasteiger partial charge is 0.490 e. The summed E-state index contributed by atoms with van der Waals surface area (Å²) in [7, 11) is 0. The van der Waals surface area contributed by atoms with E-state index in [1.54, 1.807) is 0 Å². The molecule has 1 fully saturated rings. The Morgan fingerprint density at radius 2 is 1.60 bits per heavy atom. The van der Waals surface area contributed by atoms with Gasteiger partial charge in [0.15, 0.2) is 0 Å². The first-order chi connectivity index (χ1) is 16.3. The van der Waals surface area contributed by atoms with Crippen LogP contribution in [-0.4, -0.2) is 84.5 Å². The van der Waals surface area contributed by atoms with Gasteiger partial charge in [-0.25, -0.2) is 14.6 Å². The molecule has 4 rings (SSSR count). The second-order valence-corrected chi connectivity index (χ2v) is 7.47. The fourth-order valence-electron chi connectivity index (χ4n) is 3.33. The molecule has 4 heterocycles. The summed E-state index contributed by atoms with van der Waals surface area (Å²) < 4.78 is 73.2. The van der Waals surface area contributed by atoms with Crippen molar-refractivity contribution in [2.24, 2.45) is 0 Å². The smallest absolute Gasteiger partial charge is 0.475 e. The van der Waals surface area contributed by atoms with Crippen LogP contribution in [0.1, 0.15) is 24.4 Å². The van der Waals surface area contributed by atoms with Crippen molar-refractivity contribution < 1.29 is 50.9 Å². The molecule has 10 nitrogen and oxygen atoms in total. The number of fused-ring (bicyclic) bond motifs is 1. The zero-order chi connectivity index (χ0) is 26.2. The van der Waals surface area contributed by atoms with Gasteiger partial charge in [0.1, 0.15) is 5.82 Å². The predicted molar refractivity (Wildman–Crippen MR) is 105 cm³/mol. The van der Waals surface area contributed by atoms with Gasteiger partial charge < -0.3 is 19.5 Å². The molecule has 2 N–H and O–H groups in total. The van der Waals surface area contributed by atoms with Crippen LogP contribution >= 0.6 is 0 Å². The van der Waals surface area contributed by atoms with E-state index >= 15 is 0 Å². The van der Waals surface area contributed by atoms with Crippen LogP contribution < -0.4 is 0 Å². The lowest BCUT2D eigenvalue weighted by atomic mass is 10.1. The molecule has 2 aliphatic rings. The molecule has 0 amide bonds. The molecule has 0 saturated carbocycles. The number of carbonyl (C=O) groups is 2. The summed E-state index contributed by atoms with van der Waals surface area (Å²) in [5.74, 6) is -4.32. The van der Waals surface area contributed by atoms with Gasteiger partial charge in [-0.15, -0.1) is 0 Å². The number of aliphatic carboxylic acids is 2. The summed E-state index contributed by atoms with van der Waals surface area (Å²) in [6.07, 6.45) is -1.89. The van der Waals surface area contributed by atoms with Gasteiger partial charge in [-0.2, -0.15) is 31.4 Å². The minimum atomic E-state index is -5.08. The molecular weight excluding hydrogens is 492 g/mol. The summed E-state index contributed by atoms with van der Waals surface area (Å²) in [5.41, 5.74) is 1.10. The van der Waals surface area contributed by atoms with E-state index in [1.165, 1.54) is 5.82 Å². The number of aromatic nitrogens is 4. The Morgan fingerprint density at radius 1 is 1.03 bits per heavy atom. The molecule has 2 aliphatic heterocycles. The van der Waals surface area contributed by atoms with Crippen molar-refractivity contribution in [1.29, 1.82) is 0 Å². The Labute approximate surface area is 194 Å². The number of halogens is 6. The fourth-order valence-corrected chi connectivity index (χ4v) is 3.33. The maximum Gasteiger partial charge on any atom is 0.490 e. The van der Waals surface area contributed by atoms with E-state index in [-0.39, 0.29) is 0 Å². The minimum absolute atomic E-state index is 0.666. The molecule has 196 valence electrons. The van der Waals surface area contributed by atoms with Gasteiger partial charge >= 0.3 is 24.3 Å². The van der Waals surface area contributed by atoms with Gasteiger partial charge in [-0.1, -0.05) is 0 Å². The highest BCUT2D eigenvalue weighted by Crippen LogP contribution is 2.21. The molecule has 16 heteroatoms. The number of carboxylic acid groups (broad SMARTS) is 2. The maximum absolute atomic E-state index is 10.6. The number of hydrogen-bond acceptors (Lipinski definition) is 6. The van der Waals surface area contributed by atoms with Gasteiger partial charge in [0.25, 0.3) is 0 Å². The van der Waals surface area contributed by atoms with Gasteiger partial charge in [0, 0.05) is 50.9 Å². The molecular formula is C19H23F6N5O5. The number of nitrogens with zero attached hydrogens (tertiary/aromatic N) is 5. The van der Waals surface area contributed by atoms with Crippen molar-refractivity contribution in [3.8, 4) is 0 Å². The molecule has 1 saturated heterocycles. The maximum atomic E-state index is 10.6. The van der Waals surface area contributed by atoms with Crippen molar-refractivity contribution >= 4 is 11.9 Å². The molecule has 0 aromatic carbocycles. The Hall–Kier alpha value is -3.14. The van der Waals surface area contributed by atoms with Crippen molar-refractivity contribution in [2.45, 2.75) is 50.9 Å². The first-order valence-corrected chi connectivity index (χ1v) is 10.2. The number of carboxylic acids is 2. The van der Waals surface area contributed by atoms with E-state index in [2.05, 4.69) is 20.8 Å². The average molecular weight is 515 g/mol. The zero-order valence-corrected chi connectivity index (χ0v) is 18.2. The van der Waals surface area contributed by atoms with Gasteiger partial charge in [-0.05, 0) is 18.9 Å². The highest BCUT2D eigenvalue weighted by Gasteiger charge is 2.38. The summed E-state index contributed by atoms with van der Waals surface area (Å²) in [6.45, 7) is 5.68. The third kappa shape index (κ3) is 9.20. The van der Waals surface area contributed by atoms with Crippen molar-refractivity contribution in [3.63, 3.8) is 0 Å². The van der Waals surface area contributed by atoms with E-state index in [0.717, 1.165) is 57.9 Å². The quantitative estimate of drug-likeness (QED) is 0.598. The first-order valence-electron chi connectivity index (χ1n) is 10.2. The highest BCUT2D eigenvalue weighted by molar-refractivity contribution is 5.73. The molecule has 2 aromatic rings. The monoisotopic (exact) mass is 515 g/mol. The van der Waals surface area contributed by atoms with Crippen molar-refractivity contribution in [1.82, 2.24) is 24.2 Å². The van der Waals surface area contributed by atoms with Crippen LogP contribution in [0.15, 0.2) is 24.7 Å². The topological polar surface area (TPSA) is 123 Å². The lowest BCUT2D eigenvalue weighted by molar-refractivity contribution is -0.193. The molecule has 0 radical (unpaired) electrons. The Balaban J connectivity index is 0.000000257. The van der Waals surface area contributed by atoms with Crippen LogP contribution in [0.4, 0.5) is 26.3 Å². The normalized spacial score (nSPS) is 16.9. The van der Waals surface area contributed by atoms with Crippen molar-refractivity contribution in [2.75, 3.05) is 19.8 Å². The highest BCUT2D eigenvalue weighted by atomic mass is 19.4. The molecule has 0 atom stereocenters. The standard InChI is InChI=1S/C15H21N5O.2C2HF3O2/c1-4-16-20(5-1)11-13-10-19-7-6-18(12-15(19)17-13)14-2-8-21-9-3-14;2*3-2(4,5)1(6)7/h1,4-5,10,14H,2-3,6-9,11-12H2;2*(H,6,7). The number of alkyl halides is 6. The molecule has 35 heavy (non-hydrogen) atoms. The van der Waals surface area contributed by atoms with Crippen LogP contribution in [0.25, 0.3) is 0 Å². The fraction of sp³-hybridized carbons (Fsp3) is 0.579. The number of rotatable bonds is 3. The van der Waals surface area contributed by atoms with E-state index in [9.17, 15) is 26.3 Å². The average Bonchev–Trinajstić information content (AvgIpc) is 3.43. The van der Waals surface area contributed by atoms with E-state index < -0.39 is 24.3 Å². The third-order valence-electron chi connectivity index (χ3n) is 4.96. The molecule has 0 unspecified atom stereocenters. The van der Waals surface area contributed by atoms with Crippen LogP contribution in [0.5, 0.6) is 0 Å². The molecule has 2 aromatic heterocycles. The predicted octanol–water partition coefficient (Wildman–Crippen LogP) is 2.39. The number of hydrogen-bond donors (Lipinski definition) is 2. The number of imidazole rings is 1. The summed E-state index contributed by atoms with van der Waals surface area (Å²) >= 11 is 0. The minimum Gasteiger partial charge on any atom is -0.475 e. The van der Waals surface area contributed by atoms with Crippen LogP contribution in [0.2, 0.25) is 0 Å². The summed E-state index contributed by atoms with van der Waals surface area (Å²) in [5, 5.41) is 18.5. The summed E-state index contributed by atoms with van der Waals surface area (Å²) in [6, 6.07) is 2.61. The van der Waals surface area contributed by atoms with Crippen LogP contribution in [0.3, 0.4) is 0 Å². The van der Waals surface area contributed by atoms with Gasteiger partial charge in [-0.3, -0.25) is 9.58 Å². The SMILES string of the molecule is O=C(O)C(F)(F)F.O=C(O)C(F)(F)F.c1cnn(Cc2cn3c(n2)CN(C2CCOCC2)CC3)c1. The molecule has 0 bridgehead atoms. The van der Waals surface area contributed by atoms with Crippen molar-refractivity contribution in [3.05, 3.63) is 36.2 Å². The Kier molecular flexibility index (Phi) is 9.64. The van der Waals surface area contributed by atoms with Crippen LogP contribution in [0, 0.1) is 0 Å². The Bertz CT molecular complexity index is 930. The number of ether oxygens (including phenoxy) is 1.